The van der Waals surface area contributed by atoms with Gasteiger partial charge in [-0.15, -0.1) is 5.10 Å². The molecule has 2 aromatic heterocycles. The molecule has 7 nitrogen and oxygen atoms in total. The normalized spacial score (nSPS) is 12.0. The van der Waals surface area contributed by atoms with Crippen LogP contribution in [-0.4, -0.2) is 19.5 Å². The maximum atomic E-state index is 12.6. The van der Waals surface area contributed by atoms with Crippen LogP contribution in [0.2, 0.25) is 0 Å². The molecule has 0 aliphatic heterocycles. The Bertz CT molecular complexity index is 1260. The van der Waals surface area contributed by atoms with Gasteiger partial charge in [0.2, 0.25) is 4.96 Å². The molecular weight excluding hydrogens is 420 g/mol. The Morgan fingerprint density at radius 2 is 2.00 bits per heavy atom. The van der Waals surface area contributed by atoms with Crippen molar-refractivity contribution in [1.82, 2.24) is 14.6 Å². The first-order valence-corrected chi connectivity index (χ1v) is 9.04. The molecule has 2 heterocycles. The van der Waals surface area contributed by atoms with Gasteiger partial charge in [-0.05, 0) is 23.8 Å². The van der Waals surface area contributed by atoms with Gasteiger partial charge in [0.05, 0.1) is 9.46 Å². The van der Waals surface area contributed by atoms with Gasteiger partial charge in [-0.2, -0.15) is 9.50 Å². The summed E-state index contributed by atoms with van der Waals surface area (Å²) >= 11 is 4.64. The minimum atomic E-state index is -0.470. The number of nitrogens with zero attached hydrogens (tertiary/aromatic N) is 4. The van der Waals surface area contributed by atoms with Gasteiger partial charge in [-0.3, -0.25) is 14.9 Å². The second kappa shape index (κ2) is 6.43. The van der Waals surface area contributed by atoms with E-state index in [0.717, 1.165) is 10.0 Å². The van der Waals surface area contributed by atoms with Crippen molar-refractivity contribution >= 4 is 44.0 Å². The van der Waals surface area contributed by atoms with Crippen LogP contribution in [0.15, 0.2) is 57.8 Å². The number of non-ortho nitro benzene ring substituents is 1. The molecule has 128 valence electrons. The van der Waals surface area contributed by atoms with Crippen molar-refractivity contribution in [1.29, 1.82) is 0 Å². The molecule has 0 radical (unpaired) electrons. The number of benzene rings is 2. The number of aromatic nitrogens is 3. The van der Waals surface area contributed by atoms with E-state index in [9.17, 15) is 14.9 Å². The van der Waals surface area contributed by atoms with Gasteiger partial charge < -0.3 is 0 Å². The van der Waals surface area contributed by atoms with Crippen LogP contribution in [0.3, 0.4) is 0 Å². The quantitative estimate of drug-likeness (QED) is 0.369. The molecule has 0 aliphatic rings. The third kappa shape index (κ3) is 2.91. The number of hydrogen-bond acceptors (Lipinski definition) is 6. The Kier molecular flexibility index (Phi) is 4.09. The third-order valence-corrected chi connectivity index (χ3v) is 5.33. The Hall–Kier alpha value is -2.91. The highest BCUT2D eigenvalue weighted by molar-refractivity contribution is 9.10. The van der Waals surface area contributed by atoms with Crippen LogP contribution in [0.4, 0.5) is 5.69 Å². The van der Waals surface area contributed by atoms with Gasteiger partial charge >= 0.3 is 0 Å². The second-order valence-corrected chi connectivity index (χ2v) is 7.24. The zero-order valence-electron chi connectivity index (χ0n) is 13.0. The SMILES string of the molecule is O=c1/c(=C\c2cccc([N+](=O)[O-])c2)sc2nc(-c3ccccc3Br)nn12. The molecule has 0 saturated heterocycles. The monoisotopic (exact) mass is 428 g/mol. The van der Waals surface area contributed by atoms with E-state index in [0.29, 0.717) is 20.9 Å². The van der Waals surface area contributed by atoms with E-state index in [1.165, 1.54) is 28.0 Å². The van der Waals surface area contributed by atoms with Crippen LogP contribution >= 0.6 is 27.3 Å². The first-order chi connectivity index (χ1) is 12.5. The Morgan fingerprint density at radius 3 is 2.73 bits per heavy atom. The minimum Gasteiger partial charge on any atom is -0.266 e. The molecule has 0 bridgehead atoms. The van der Waals surface area contributed by atoms with E-state index >= 15 is 0 Å². The molecule has 0 saturated carbocycles. The molecule has 2 aromatic carbocycles. The smallest absolute Gasteiger partial charge is 0.266 e. The van der Waals surface area contributed by atoms with E-state index in [-0.39, 0.29) is 11.2 Å². The van der Waals surface area contributed by atoms with E-state index < -0.39 is 4.92 Å². The lowest BCUT2D eigenvalue weighted by Crippen LogP contribution is -2.23. The first-order valence-electron chi connectivity index (χ1n) is 7.43. The summed E-state index contributed by atoms with van der Waals surface area (Å²) in [6.07, 6.45) is 1.61. The molecule has 0 unspecified atom stereocenters. The summed E-state index contributed by atoms with van der Waals surface area (Å²) in [5.74, 6) is 0.461. The summed E-state index contributed by atoms with van der Waals surface area (Å²) in [7, 11) is 0. The second-order valence-electron chi connectivity index (χ2n) is 5.38. The molecule has 4 rings (SSSR count). The van der Waals surface area contributed by atoms with E-state index in [1.807, 2.05) is 24.3 Å². The number of thiazole rings is 1. The van der Waals surface area contributed by atoms with Crippen molar-refractivity contribution in [2.75, 3.05) is 0 Å². The maximum Gasteiger partial charge on any atom is 0.291 e. The maximum absolute atomic E-state index is 12.6. The van der Waals surface area contributed by atoms with Crippen molar-refractivity contribution in [3.63, 3.8) is 0 Å². The van der Waals surface area contributed by atoms with Gasteiger partial charge in [0, 0.05) is 22.2 Å². The molecule has 0 aliphatic carbocycles. The van der Waals surface area contributed by atoms with Gasteiger partial charge in [0.15, 0.2) is 5.82 Å². The molecule has 0 amide bonds. The van der Waals surface area contributed by atoms with Crippen LogP contribution in [0.25, 0.3) is 22.4 Å². The molecule has 26 heavy (non-hydrogen) atoms. The predicted molar refractivity (Wildman–Crippen MR) is 102 cm³/mol. The number of hydrogen-bond donors (Lipinski definition) is 0. The average molecular weight is 429 g/mol. The Labute approximate surface area is 158 Å². The zero-order valence-corrected chi connectivity index (χ0v) is 15.4. The molecule has 0 N–H and O–H groups in total. The van der Waals surface area contributed by atoms with Crippen LogP contribution in [0.5, 0.6) is 0 Å². The number of halogens is 1. The van der Waals surface area contributed by atoms with E-state index in [2.05, 4.69) is 26.0 Å². The highest BCUT2D eigenvalue weighted by Gasteiger charge is 2.14. The summed E-state index contributed by atoms with van der Waals surface area (Å²) in [6.45, 7) is 0. The molecule has 0 atom stereocenters. The zero-order chi connectivity index (χ0) is 18.3. The average Bonchev–Trinajstić information content (AvgIpc) is 3.16. The summed E-state index contributed by atoms with van der Waals surface area (Å²) in [5, 5.41) is 15.2. The fraction of sp³-hybridized carbons (Fsp3) is 0. The third-order valence-electron chi connectivity index (χ3n) is 3.68. The van der Waals surface area contributed by atoms with Gasteiger partial charge in [0.25, 0.3) is 11.2 Å². The van der Waals surface area contributed by atoms with E-state index in [4.69, 9.17) is 0 Å². The molecule has 0 fully saturated rings. The number of nitro benzene ring substituents is 1. The van der Waals surface area contributed by atoms with Crippen LogP contribution < -0.4 is 10.1 Å². The predicted octanol–water partition coefficient (Wildman–Crippen LogP) is 3.04. The van der Waals surface area contributed by atoms with Crippen LogP contribution in [-0.2, 0) is 0 Å². The molecule has 0 spiro atoms. The van der Waals surface area contributed by atoms with Crippen molar-refractivity contribution < 1.29 is 4.92 Å². The highest BCUT2D eigenvalue weighted by atomic mass is 79.9. The summed E-state index contributed by atoms with van der Waals surface area (Å²) in [4.78, 5) is 27.9. The van der Waals surface area contributed by atoms with Gasteiger partial charge in [-0.1, -0.05) is 51.5 Å². The molecular formula is C17H9BrN4O3S. The van der Waals surface area contributed by atoms with Gasteiger partial charge in [-0.25, -0.2) is 0 Å². The van der Waals surface area contributed by atoms with Crippen molar-refractivity contribution in [3.8, 4) is 11.4 Å². The summed E-state index contributed by atoms with van der Waals surface area (Å²) < 4.78 is 2.51. The number of fused-ring (bicyclic) bond motifs is 1. The van der Waals surface area contributed by atoms with E-state index in [1.54, 1.807) is 18.2 Å². The fourth-order valence-electron chi connectivity index (χ4n) is 2.47. The number of rotatable bonds is 3. The fourth-order valence-corrected chi connectivity index (χ4v) is 3.84. The Morgan fingerprint density at radius 1 is 1.19 bits per heavy atom. The van der Waals surface area contributed by atoms with Crippen LogP contribution in [0.1, 0.15) is 5.56 Å². The lowest BCUT2D eigenvalue weighted by Gasteiger charge is -1.97. The summed E-state index contributed by atoms with van der Waals surface area (Å²) in [6, 6.07) is 13.6. The number of nitro groups is 1. The minimum absolute atomic E-state index is 0.0260. The van der Waals surface area contributed by atoms with Crippen molar-refractivity contribution in [3.05, 3.63) is 83.6 Å². The topological polar surface area (TPSA) is 90.4 Å². The molecule has 4 aromatic rings. The van der Waals surface area contributed by atoms with Crippen molar-refractivity contribution in [2.45, 2.75) is 0 Å². The van der Waals surface area contributed by atoms with Crippen LogP contribution in [0, 0.1) is 10.1 Å². The largest absolute Gasteiger partial charge is 0.291 e. The standard InChI is InChI=1S/C17H9BrN4O3S/c18-13-7-2-1-6-12(13)15-19-17-21(20-15)16(23)14(26-17)9-10-4-3-5-11(8-10)22(24)25/h1-9H/b14-9+. The Balaban J connectivity index is 1.82. The molecule has 9 heteroatoms. The highest BCUT2D eigenvalue weighted by Crippen LogP contribution is 2.25. The first kappa shape index (κ1) is 16.6. The lowest BCUT2D eigenvalue weighted by molar-refractivity contribution is -0.384. The lowest BCUT2D eigenvalue weighted by atomic mass is 10.2. The summed E-state index contributed by atoms with van der Waals surface area (Å²) in [5.41, 5.74) is 1.04. The van der Waals surface area contributed by atoms with Crippen molar-refractivity contribution in [2.24, 2.45) is 0 Å². The van der Waals surface area contributed by atoms with Gasteiger partial charge in [0.1, 0.15) is 0 Å².